The molecule has 0 amide bonds. The van der Waals surface area contributed by atoms with Crippen molar-refractivity contribution in [3.05, 3.63) is 53.9 Å². The van der Waals surface area contributed by atoms with Crippen LogP contribution in [0.15, 0.2) is 42.7 Å². The third-order valence-electron chi connectivity index (χ3n) is 3.05. The summed E-state index contributed by atoms with van der Waals surface area (Å²) < 4.78 is 0. The Morgan fingerprint density at radius 1 is 1.15 bits per heavy atom. The van der Waals surface area contributed by atoms with Crippen molar-refractivity contribution in [2.75, 3.05) is 0 Å². The maximum absolute atomic E-state index is 10.8. The van der Waals surface area contributed by atoms with Crippen molar-refractivity contribution in [3.8, 4) is 11.5 Å². The zero-order chi connectivity index (χ0) is 14.1. The number of carbonyl (C=O) groups is 1. The molecule has 1 N–H and O–H groups in total. The van der Waals surface area contributed by atoms with Crippen LogP contribution in [0.4, 0.5) is 0 Å². The first-order valence-electron chi connectivity index (χ1n) is 6.07. The van der Waals surface area contributed by atoms with Crippen LogP contribution in [0.25, 0.3) is 22.4 Å². The second-order valence-electron chi connectivity index (χ2n) is 4.44. The molecule has 0 saturated carbocycles. The lowest BCUT2D eigenvalue weighted by atomic mass is 10.1. The van der Waals surface area contributed by atoms with Crippen molar-refractivity contribution in [2.24, 2.45) is 0 Å². The van der Waals surface area contributed by atoms with Crippen LogP contribution in [0.5, 0.6) is 0 Å². The average Bonchev–Trinajstić information content (AvgIpc) is 2.47. The quantitative estimate of drug-likeness (QED) is 0.771. The summed E-state index contributed by atoms with van der Waals surface area (Å²) in [7, 11) is 0. The Hall–Kier alpha value is -2.82. The largest absolute Gasteiger partial charge is 0.478 e. The summed E-state index contributed by atoms with van der Waals surface area (Å²) in [6, 6.07) is 9.73. The zero-order valence-electron chi connectivity index (χ0n) is 10.7. The minimum atomic E-state index is -1.04. The van der Waals surface area contributed by atoms with Gasteiger partial charge in [-0.3, -0.25) is 0 Å². The van der Waals surface area contributed by atoms with Crippen LogP contribution in [0.2, 0.25) is 0 Å². The molecule has 0 radical (unpaired) electrons. The van der Waals surface area contributed by atoms with Crippen molar-refractivity contribution >= 4 is 16.9 Å². The summed E-state index contributed by atoms with van der Waals surface area (Å²) in [6.07, 6.45) is 2.58. The molecule has 0 aliphatic rings. The molecule has 0 saturated heterocycles. The standard InChI is InChI=1S/C15H11N3O2/c1-9-6-13(18-12-5-3-2-4-11(9)12)14-16-7-10(8-17-14)15(19)20/h2-8H,1H3,(H,19,20). The van der Waals surface area contributed by atoms with Gasteiger partial charge in [-0.05, 0) is 24.6 Å². The molecule has 98 valence electrons. The Morgan fingerprint density at radius 3 is 2.55 bits per heavy atom. The highest BCUT2D eigenvalue weighted by Gasteiger charge is 2.09. The molecule has 3 aromatic rings. The van der Waals surface area contributed by atoms with Crippen LogP contribution in [-0.2, 0) is 0 Å². The number of carboxylic acids is 1. The van der Waals surface area contributed by atoms with E-state index in [4.69, 9.17) is 5.11 Å². The summed E-state index contributed by atoms with van der Waals surface area (Å²) in [5, 5.41) is 9.92. The second-order valence-corrected chi connectivity index (χ2v) is 4.44. The molecule has 20 heavy (non-hydrogen) atoms. The first-order valence-corrected chi connectivity index (χ1v) is 6.07. The topological polar surface area (TPSA) is 76.0 Å². The normalized spacial score (nSPS) is 10.7. The number of carboxylic acid groups (broad SMARTS) is 1. The number of nitrogens with zero attached hydrogens (tertiary/aromatic N) is 3. The van der Waals surface area contributed by atoms with E-state index in [9.17, 15) is 4.79 Å². The van der Waals surface area contributed by atoms with Crippen molar-refractivity contribution in [3.63, 3.8) is 0 Å². The first-order chi connectivity index (χ1) is 9.65. The summed E-state index contributed by atoms with van der Waals surface area (Å²) in [6.45, 7) is 2.00. The van der Waals surface area contributed by atoms with E-state index >= 15 is 0 Å². The number of para-hydroxylation sites is 1. The number of aromatic nitrogens is 3. The average molecular weight is 265 g/mol. The van der Waals surface area contributed by atoms with Gasteiger partial charge in [-0.15, -0.1) is 0 Å². The Labute approximate surface area is 115 Å². The van der Waals surface area contributed by atoms with E-state index in [0.29, 0.717) is 11.5 Å². The molecule has 0 aliphatic carbocycles. The molecule has 1 aromatic carbocycles. The molecule has 0 bridgehead atoms. The van der Waals surface area contributed by atoms with Crippen LogP contribution in [0, 0.1) is 6.92 Å². The van der Waals surface area contributed by atoms with Gasteiger partial charge < -0.3 is 5.11 Å². The highest BCUT2D eigenvalue weighted by molar-refractivity contribution is 5.87. The van der Waals surface area contributed by atoms with Crippen molar-refractivity contribution in [2.45, 2.75) is 6.92 Å². The predicted molar refractivity (Wildman–Crippen MR) is 74.5 cm³/mol. The van der Waals surface area contributed by atoms with Gasteiger partial charge in [-0.1, -0.05) is 18.2 Å². The maximum atomic E-state index is 10.8. The molecular weight excluding hydrogens is 254 g/mol. The van der Waals surface area contributed by atoms with Crippen molar-refractivity contribution < 1.29 is 9.90 Å². The fourth-order valence-electron chi connectivity index (χ4n) is 2.03. The van der Waals surface area contributed by atoms with Gasteiger partial charge in [0.2, 0.25) is 0 Å². The molecule has 5 heteroatoms. The molecule has 0 spiro atoms. The van der Waals surface area contributed by atoms with E-state index in [1.54, 1.807) is 0 Å². The van der Waals surface area contributed by atoms with Crippen molar-refractivity contribution in [1.29, 1.82) is 0 Å². The van der Waals surface area contributed by atoms with E-state index in [0.717, 1.165) is 16.5 Å². The fraction of sp³-hybridized carbons (Fsp3) is 0.0667. The summed E-state index contributed by atoms with van der Waals surface area (Å²) >= 11 is 0. The highest BCUT2D eigenvalue weighted by atomic mass is 16.4. The van der Waals surface area contributed by atoms with Gasteiger partial charge in [0, 0.05) is 17.8 Å². The maximum Gasteiger partial charge on any atom is 0.338 e. The molecule has 0 aliphatic heterocycles. The van der Waals surface area contributed by atoms with Gasteiger partial charge in [0.15, 0.2) is 5.82 Å². The van der Waals surface area contributed by atoms with Gasteiger partial charge in [-0.25, -0.2) is 19.7 Å². The number of rotatable bonds is 2. The van der Waals surface area contributed by atoms with Gasteiger partial charge in [0.05, 0.1) is 11.1 Å². The van der Waals surface area contributed by atoms with Gasteiger partial charge in [-0.2, -0.15) is 0 Å². The van der Waals surface area contributed by atoms with Crippen molar-refractivity contribution in [1.82, 2.24) is 15.0 Å². The number of fused-ring (bicyclic) bond motifs is 1. The molecule has 3 rings (SSSR count). The smallest absolute Gasteiger partial charge is 0.338 e. The molecule has 0 atom stereocenters. The number of aryl methyl sites for hydroxylation is 1. The first kappa shape index (κ1) is 12.2. The van der Waals surface area contributed by atoms with Crippen LogP contribution in [0.3, 0.4) is 0 Å². The molecular formula is C15H11N3O2. The van der Waals surface area contributed by atoms with Crippen LogP contribution >= 0.6 is 0 Å². The minimum absolute atomic E-state index is 0.0614. The minimum Gasteiger partial charge on any atom is -0.478 e. The lowest BCUT2D eigenvalue weighted by Gasteiger charge is -2.05. The van der Waals surface area contributed by atoms with E-state index in [1.807, 2.05) is 37.3 Å². The summed E-state index contributed by atoms with van der Waals surface area (Å²) in [5.74, 6) is -0.622. The number of hydrogen-bond donors (Lipinski definition) is 1. The molecule has 5 nitrogen and oxygen atoms in total. The summed E-state index contributed by atoms with van der Waals surface area (Å²) in [4.78, 5) is 23.4. The SMILES string of the molecule is Cc1cc(-c2ncc(C(=O)O)cn2)nc2ccccc12. The van der Waals surface area contributed by atoms with Gasteiger partial charge in [0.1, 0.15) is 5.69 Å². The molecule has 0 fully saturated rings. The van der Waals surface area contributed by atoms with E-state index in [1.165, 1.54) is 12.4 Å². The van der Waals surface area contributed by atoms with Crippen LogP contribution < -0.4 is 0 Å². The number of hydrogen-bond acceptors (Lipinski definition) is 4. The highest BCUT2D eigenvalue weighted by Crippen LogP contribution is 2.21. The summed E-state index contributed by atoms with van der Waals surface area (Å²) in [5.41, 5.74) is 2.65. The lowest BCUT2D eigenvalue weighted by molar-refractivity contribution is 0.0696. The van der Waals surface area contributed by atoms with Gasteiger partial charge >= 0.3 is 5.97 Å². The fourth-order valence-corrected chi connectivity index (χ4v) is 2.03. The molecule has 2 heterocycles. The molecule has 2 aromatic heterocycles. The Morgan fingerprint density at radius 2 is 1.85 bits per heavy atom. The Kier molecular flexibility index (Phi) is 2.87. The monoisotopic (exact) mass is 265 g/mol. The number of pyridine rings is 1. The molecule has 0 unspecified atom stereocenters. The van der Waals surface area contributed by atoms with E-state index < -0.39 is 5.97 Å². The van der Waals surface area contributed by atoms with Gasteiger partial charge in [0.25, 0.3) is 0 Å². The van der Waals surface area contributed by atoms with E-state index in [2.05, 4.69) is 15.0 Å². The Balaban J connectivity index is 2.12. The Bertz CT molecular complexity index is 798. The van der Waals surface area contributed by atoms with Crippen LogP contribution in [-0.4, -0.2) is 26.0 Å². The second kappa shape index (κ2) is 4.70. The number of benzene rings is 1. The number of aromatic carboxylic acids is 1. The predicted octanol–water partition coefficient (Wildman–Crippen LogP) is 2.70. The van der Waals surface area contributed by atoms with E-state index in [-0.39, 0.29) is 5.56 Å². The third kappa shape index (κ3) is 2.09. The van der Waals surface area contributed by atoms with Crippen LogP contribution in [0.1, 0.15) is 15.9 Å². The lowest BCUT2D eigenvalue weighted by Crippen LogP contribution is -2.00. The zero-order valence-corrected chi connectivity index (χ0v) is 10.7. The third-order valence-corrected chi connectivity index (χ3v) is 3.05.